The monoisotopic (exact) mass is 247 g/mol. The van der Waals surface area contributed by atoms with Crippen LogP contribution in [0.5, 0.6) is 5.75 Å². The van der Waals surface area contributed by atoms with E-state index in [4.69, 9.17) is 5.11 Å². The van der Waals surface area contributed by atoms with Gasteiger partial charge in [-0.3, -0.25) is 10.1 Å². The number of benzene rings is 1. The summed E-state index contributed by atoms with van der Waals surface area (Å²) < 4.78 is 30.8. The van der Waals surface area contributed by atoms with Crippen LogP contribution in [0.1, 0.15) is 5.56 Å². The molecule has 1 rings (SSSR count). The van der Waals surface area contributed by atoms with Crippen molar-refractivity contribution in [1.82, 2.24) is 0 Å². The van der Waals surface area contributed by atoms with E-state index >= 15 is 0 Å². The van der Waals surface area contributed by atoms with Gasteiger partial charge in [-0.05, 0) is 6.92 Å². The zero-order valence-corrected chi connectivity index (χ0v) is 8.57. The molecule has 0 fully saturated rings. The molecule has 6 nitrogen and oxygen atoms in total. The maximum Gasteiger partial charge on any atom is 0.346 e. The number of aliphatic carboxylic acids is 1. The largest absolute Gasteiger partial charge is 0.479 e. The van der Waals surface area contributed by atoms with Crippen molar-refractivity contribution in [1.29, 1.82) is 0 Å². The Bertz CT molecular complexity index is 489. The van der Waals surface area contributed by atoms with Gasteiger partial charge < -0.3 is 9.84 Å². The van der Waals surface area contributed by atoms with Gasteiger partial charge in [-0.1, -0.05) is 0 Å². The first-order valence-corrected chi connectivity index (χ1v) is 4.32. The van der Waals surface area contributed by atoms with Crippen LogP contribution < -0.4 is 4.74 Å². The van der Waals surface area contributed by atoms with E-state index in [1.54, 1.807) is 0 Å². The Labute approximate surface area is 93.6 Å². The molecule has 0 aromatic heterocycles. The molecule has 0 spiro atoms. The Hall–Kier alpha value is -2.25. The van der Waals surface area contributed by atoms with Crippen LogP contribution in [-0.2, 0) is 4.79 Å². The van der Waals surface area contributed by atoms with Gasteiger partial charge >= 0.3 is 11.7 Å². The molecule has 1 aromatic rings. The third-order valence-electron chi connectivity index (χ3n) is 1.92. The fourth-order valence-electron chi connectivity index (χ4n) is 1.16. The van der Waals surface area contributed by atoms with Crippen LogP contribution in [0.2, 0.25) is 0 Å². The minimum atomic E-state index is -1.42. The lowest BCUT2D eigenvalue weighted by Gasteiger charge is -2.08. The summed E-state index contributed by atoms with van der Waals surface area (Å²) >= 11 is 0. The third-order valence-corrected chi connectivity index (χ3v) is 1.92. The minimum absolute atomic E-state index is 0.320. The van der Waals surface area contributed by atoms with Crippen molar-refractivity contribution in [2.45, 2.75) is 6.92 Å². The summed E-state index contributed by atoms with van der Waals surface area (Å²) in [6, 6.07) is 0.348. The van der Waals surface area contributed by atoms with Crippen molar-refractivity contribution in [3.63, 3.8) is 0 Å². The van der Waals surface area contributed by atoms with Crippen LogP contribution in [0.4, 0.5) is 14.5 Å². The van der Waals surface area contributed by atoms with Crippen LogP contribution in [0.15, 0.2) is 6.07 Å². The average Bonchev–Trinajstić information content (AvgIpc) is 2.20. The maximum absolute atomic E-state index is 13.2. The second-order valence-electron chi connectivity index (χ2n) is 3.08. The topological polar surface area (TPSA) is 89.7 Å². The van der Waals surface area contributed by atoms with Crippen molar-refractivity contribution in [3.8, 4) is 5.75 Å². The molecule has 0 unspecified atom stereocenters. The molecule has 0 aliphatic carbocycles. The Morgan fingerprint density at radius 1 is 1.53 bits per heavy atom. The highest BCUT2D eigenvalue weighted by atomic mass is 19.1. The zero-order chi connectivity index (χ0) is 13.2. The quantitative estimate of drug-likeness (QED) is 0.645. The van der Waals surface area contributed by atoms with Gasteiger partial charge in [-0.25, -0.2) is 9.18 Å². The molecule has 17 heavy (non-hydrogen) atoms. The highest BCUT2D eigenvalue weighted by Crippen LogP contribution is 2.34. The lowest BCUT2D eigenvalue weighted by Crippen LogP contribution is -2.12. The van der Waals surface area contributed by atoms with Crippen molar-refractivity contribution >= 4 is 11.7 Å². The first-order chi connectivity index (χ1) is 7.84. The molecule has 0 aliphatic heterocycles. The number of hydrogen-bond donors (Lipinski definition) is 1. The van der Waals surface area contributed by atoms with E-state index in [1.807, 2.05) is 0 Å². The average molecular weight is 247 g/mol. The fourth-order valence-corrected chi connectivity index (χ4v) is 1.16. The molecule has 0 saturated heterocycles. The molecule has 1 N–H and O–H groups in total. The molecule has 0 radical (unpaired) electrons. The van der Waals surface area contributed by atoms with Crippen molar-refractivity contribution in [3.05, 3.63) is 33.4 Å². The predicted molar refractivity (Wildman–Crippen MR) is 50.9 cm³/mol. The summed E-state index contributed by atoms with van der Waals surface area (Å²) in [5.41, 5.74) is -1.40. The number of nitrogens with zero attached hydrogens (tertiary/aromatic N) is 1. The summed E-state index contributed by atoms with van der Waals surface area (Å²) in [6.45, 7) is 0.198. The van der Waals surface area contributed by atoms with Crippen molar-refractivity contribution in [2.24, 2.45) is 0 Å². The van der Waals surface area contributed by atoms with E-state index < -0.39 is 40.6 Å². The minimum Gasteiger partial charge on any atom is -0.479 e. The maximum atomic E-state index is 13.2. The normalized spacial score (nSPS) is 10.1. The van der Waals surface area contributed by atoms with E-state index in [9.17, 15) is 23.7 Å². The second-order valence-corrected chi connectivity index (χ2v) is 3.08. The zero-order valence-electron chi connectivity index (χ0n) is 8.57. The van der Waals surface area contributed by atoms with E-state index in [-0.39, 0.29) is 5.56 Å². The van der Waals surface area contributed by atoms with Gasteiger partial charge in [-0.2, -0.15) is 4.39 Å². The summed E-state index contributed by atoms with van der Waals surface area (Å²) in [6.07, 6.45) is 0. The fraction of sp³-hybridized carbons (Fsp3) is 0.222. The van der Waals surface area contributed by atoms with E-state index in [0.29, 0.717) is 6.07 Å². The number of carboxylic acid groups (broad SMARTS) is 1. The lowest BCUT2D eigenvalue weighted by atomic mass is 10.1. The van der Waals surface area contributed by atoms with Gasteiger partial charge in [0.15, 0.2) is 6.61 Å². The standard InChI is InChI=1S/C9H7F2NO5/c1-4-5(10)2-6(11)8(12(15)16)9(4)17-3-7(13)14/h2H,3H2,1H3,(H,13,14). The lowest BCUT2D eigenvalue weighted by molar-refractivity contribution is -0.388. The number of carbonyl (C=O) groups is 1. The Kier molecular flexibility index (Phi) is 3.56. The van der Waals surface area contributed by atoms with E-state index in [0.717, 1.165) is 6.92 Å². The number of rotatable bonds is 4. The van der Waals surface area contributed by atoms with Gasteiger partial charge in [0, 0.05) is 11.6 Å². The van der Waals surface area contributed by atoms with E-state index in [2.05, 4.69) is 4.74 Å². The molecular formula is C9H7F2NO5. The number of carboxylic acids is 1. The molecule has 1 aromatic carbocycles. The number of hydrogen-bond acceptors (Lipinski definition) is 4. The first-order valence-electron chi connectivity index (χ1n) is 4.32. The smallest absolute Gasteiger partial charge is 0.346 e. The van der Waals surface area contributed by atoms with Crippen LogP contribution in [0, 0.1) is 28.7 Å². The summed E-state index contributed by atoms with van der Waals surface area (Å²) in [4.78, 5) is 19.7. The molecule has 92 valence electrons. The van der Waals surface area contributed by atoms with Gasteiger partial charge in [0.05, 0.1) is 4.92 Å². The first kappa shape index (κ1) is 12.8. The van der Waals surface area contributed by atoms with Crippen LogP contribution in [0.25, 0.3) is 0 Å². The van der Waals surface area contributed by atoms with Gasteiger partial charge in [0.1, 0.15) is 5.82 Å². The highest BCUT2D eigenvalue weighted by molar-refractivity contribution is 5.69. The summed E-state index contributed by atoms with van der Waals surface area (Å²) in [7, 11) is 0. The second kappa shape index (κ2) is 4.73. The van der Waals surface area contributed by atoms with Crippen LogP contribution in [-0.4, -0.2) is 22.6 Å². The molecule has 0 saturated carbocycles. The molecule has 0 heterocycles. The van der Waals surface area contributed by atoms with Gasteiger partial charge in [0.25, 0.3) is 0 Å². The molecule has 8 heteroatoms. The SMILES string of the molecule is Cc1c(F)cc(F)c([N+](=O)[O-])c1OCC(=O)O. The summed E-state index contributed by atoms with van der Waals surface area (Å²) in [5, 5.41) is 18.9. The number of halogens is 2. The van der Waals surface area contributed by atoms with Crippen LogP contribution in [0.3, 0.4) is 0 Å². The van der Waals surface area contributed by atoms with E-state index in [1.165, 1.54) is 0 Å². The Morgan fingerprint density at radius 2 is 2.12 bits per heavy atom. The Morgan fingerprint density at radius 3 is 2.59 bits per heavy atom. The van der Waals surface area contributed by atoms with Gasteiger partial charge in [-0.15, -0.1) is 0 Å². The molecule has 0 aliphatic rings. The van der Waals surface area contributed by atoms with Crippen molar-refractivity contribution in [2.75, 3.05) is 6.61 Å². The third kappa shape index (κ3) is 2.65. The predicted octanol–water partition coefficient (Wildman–Crippen LogP) is 1.64. The number of ether oxygens (including phenoxy) is 1. The van der Waals surface area contributed by atoms with Crippen LogP contribution >= 0.6 is 0 Å². The number of nitro groups is 1. The Balaban J connectivity index is 3.32. The molecule has 0 bridgehead atoms. The number of nitro benzene ring substituents is 1. The molecular weight excluding hydrogens is 240 g/mol. The molecule has 0 atom stereocenters. The highest BCUT2D eigenvalue weighted by Gasteiger charge is 2.27. The summed E-state index contributed by atoms with van der Waals surface area (Å²) in [5.74, 6) is -4.59. The van der Waals surface area contributed by atoms with Crippen molar-refractivity contribution < 1.29 is 28.3 Å². The van der Waals surface area contributed by atoms with Gasteiger partial charge in [0.2, 0.25) is 11.6 Å². The molecule has 0 amide bonds.